The van der Waals surface area contributed by atoms with Gasteiger partial charge < -0.3 is 10.6 Å². The van der Waals surface area contributed by atoms with Gasteiger partial charge in [-0.25, -0.2) is 0 Å². The van der Waals surface area contributed by atoms with Crippen molar-refractivity contribution in [3.63, 3.8) is 0 Å². The zero-order valence-corrected chi connectivity index (χ0v) is 14.5. The Morgan fingerprint density at radius 3 is 2.77 bits per heavy atom. The second-order valence-electron chi connectivity index (χ2n) is 5.63. The van der Waals surface area contributed by atoms with Gasteiger partial charge in [-0.15, -0.1) is 11.8 Å². The van der Waals surface area contributed by atoms with Crippen molar-refractivity contribution in [3.05, 3.63) is 59.2 Å². The van der Waals surface area contributed by atoms with E-state index in [0.29, 0.717) is 11.2 Å². The van der Waals surface area contributed by atoms with Crippen LogP contribution in [0.3, 0.4) is 0 Å². The predicted octanol–water partition coefficient (Wildman–Crippen LogP) is 4.83. The summed E-state index contributed by atoms with van der Waals surface area (Å²) in [4.78, 5) is 1.36. The zero-order valence-electron chi connectivity index (χ0n) is 12.8. The first-order valence-corrected chi connectivity index (χ1v) is 8.89. The number of hydrogen-bond acceptors (Lipinski definition) is 2. The second-order valence-corrected chi connectivity index (χ2v) is 7.17. The molecule has 4 heteroatoms. The largest absolute Gasteiger partial charge is 0.356 e. The molecule has 1 aliphatic rings. The quantitative estimate of drug-likeness (QED) is 0.771. The van der Waals surface area contributed by atoms with Crippen molar-refractivity contribution in [1.82, 2.24) is 5.32 Å². The molecule has 0 radical (unpaired) electrons. The SMILES string of the molecule is Cc1ccc(NC(=S)N[C@@H]2CCSc3ccccc32)cc1C. The fourth-order valence-corrected chi connectivity index (χ4v) is 4.02. The molecule has 0 amide bonds. The van der Waals surface area contributed by atoms with Gasteiger partial charge in [-0.05, 0) is 67.4 Å². The maximum Gasteiger partial charge on any atom is 0.171 e. The lowest BCUT2D eigenvalue weighted by atomic mass is 10.0. The number of rotatable bonds is 2. The first-order chi connectivity index (χ1) is 10.6. The Bertz CT molecular complexity index is 697. The highest BCUT2D eigenvalue weighted by atomic mass is 32.2. The fourth-order valence-electron chi connectivity index (χ4n) is 2.64. The average Bonchev–Trinajstić information content (AvgIpc) is 2.51. The zero-order chi connectivity index (χ0) is 15.5. The van der Waals surface area contributed by atoms with E-state index in [-0.39, 0.29) is 0 Å². The van der Waals surface area contributed by atoms with E-state index < -0.39 is 0 Å². The Labute approximate surface area is 141 Å². The highest BCUT2D eigenvalue weighted by Crippen LogP contribution is 2.35. The molecule has 1 aliphatic heterocycles. The van der Waals surface area contributed by atoms with E-state index in [1.807, 2.05) is 11.8 Å². The molecule has 1 heterocycles. The van der Waals surface area contributed by atoms with Crippen LogP contribution in [-0.2, 0) is 0 Å². The minimum absolute atomic E-state index is 0.295. The normalized spacial score (nSPS) is 16.7. The number of benzene rings is 2. The van der Waals surface area contributed by atoms with Gasteiger partial charge in [0.05, 0.1) is 6.04 Å². The van der Waals surface area contributed by atoms with Crippen LogP contribution in [0.4, 0.5) is 5.69 Å². The van der Waals surface area contributed by atoms with E-state index in [2.05, 4.69) is 66.9 Å². The molecule has 114 valence electrons. The summed E-state index contributed by atoms with van der Waals surface area (Å²) in [6, 6.07) is 15.2. The number of fused-ring (bicyclic) bond motifs is 1. The van der Waals surface area contributed by atoms with Crippen LogP contribution in [0.5, 0.6) is 0 Å². The van der Waals surface area contributed by atoms with Crippen molar-refractivity contribution in [2.24, 2.45) is 0 Å². The first-order valence-electron chi connectivity index (χ1n) is 7.50. The molecule has 2 aromatic rings. The Morgan fingerprint density at radius 1 is 1.14 bits per heavy atom. The third-order valence-electron chi connectivity index (χ3n) is 4.03. The Hall–Kier alpha value is -1.52. The second kappa shape index (κ2) is 6.71. The Kier molecular flexibility index (Phi) is 4.69. The van der Waals surface area contributed by atoms with Crippen LogP contribution < -0.4 is 10.6 Å². The Morgan fingerprint density at radius 2 is 1.95 bits per heavy atom. The van der Waals surface area contributed by atoms with E-state index in [0.717, 1.165) is 17.9 Å². The number of hydrogen-bond donors (Lipinski definition) is 2. The molecule has 0 bridgehead atoms. The van der Waals surface area contributed by atoms with Crippen LogP contribution in [-0.4, -0.2) is 10.9 Å². The van der Waals surface area contributed by atoms with Gasteiger partial charge in [0, 0.05) is 16.3 Å². The van der Waals surface area contributed by atoms with Gasteiger partial charge in [-0.3, -0.25) is 0 Å². The summed E-state index contributed by atoms with van der Waals surface area (Å²) < 4.78 is 0. The maximum absolute atomic E-state index is 5.49. The monoisotopic (exact) mass is 328 g/mol. The summed E-state index contributed by atoms with van der Waals surface area (Å²) in [7, 11) is 0. The first kappa shape index (κ1) is 15.4. The standard InChI is InChI=1S/C18H20N2S2/c1-12-7-8-14(11-13(12)2)19-18(21)20-16-9-10-22-17-6-4-3-5-15(16)17/h3-8,11,16H,9-10H2,1-2H3,(H2,19,20,21)/t16-/m1/s1. The molecule has 1 atom stereocenters. The van der Waals surface area contributed by atoms with Gasteiger partial charge in [0.25, 0.3) is 0 Å². The van der Waals surface area contributed by atoms with E-state index in [4.69, 9.17) is 12.2 Å². The lowest BCUT2D eigenvalue weighted by molar-refractivity contribution is 0.614. The smallest absolute Gasteiger partial charge is 0.171 e. The highest BCUT2D eigenvalue weighted by Gasteiger charge is 2.20. The van der Waals surface area contributed by atoms with Crippen molar-refractivity contribution in [3.8, 4) is 0 Å². The van der Waals surface area contributed by atoms with Gasteiger partial charge in [-0.1, -0.05) is 24.3 Å². The topological polar surface area (TPSA) is 24.1 Å². The summed E-state index contributed by atoms with van der Waals surface area (Å²) in [6.07, 6.45) is 1.09. The third-order valence-corrected chi connectivity index (χ3v) is 5.37. The third kappa shape index (κ3) is 3.45. The lowest BCUT2D eigenvalue weighted by Crippen LogP contribution is -2.33. The molecule has 0 spiro atoms. The number of anilines is 1. The van der Waals surface area contributed by atoms with Crippen molar-refractivity contribution < 1.29 is 0 Å². The minimum Gasteiger partial charge on any atom is -0.356 e. The fraction of sp³-hybridized carbons (Fsp3) is 0.278. The number of thiocarbonyl (C=S) groups is 1. The van der Waals surface area contributed by atoms with Crippen molar-refractivity contribution in [2.75, 3.05) is 11.1 Å². The molecule has 0 saturated carbocycles. The Balaban J connectivity index is 1.69. The van der Waals surface area contributed by atoms with Crippen LogP contribution in [0, 0.1) is 13.8 Å². The van der Waals surface area contributed by atoms with Crippen molar-refractivity contribution >= 4 is 34.8 Å². The summed E-state index contributed by atoms with van der Waals surface area (Å²) in [5.41, 5.74) is 4.96. The number of nitrogens with one attached hydrogen (secondary N) is 2. The molecular formula is C18H20N2S2. The molecule has 2 N–H and O–H groups in total. The summed E-state index contributed by atoms with van der Waals surface area (Å²) in [6.45, 7) is 4.23. The molecule has 2 nitrogen and oxygen atoms in total. The molecule has 22 heavy (non-hydrogen) atoms. The summed E-state index contributed by atoms with van der Waals surface area (Å²) >= 11 is 7.42. The van der Waals surface area contributed by atoms with E-state index >= 15 is 0 Å². The van der Waals surface area contributed by atoms with Crippen LogP contribution in [0.25, 0.3) is 0 Å². The molecular weight excluding hydrogens is 308 g/mol. The molecule has 0 aliphatic carbocycles. The molecule has 0 fully saturated rings. The maximum atomic E-state index is 5.49. The van der Waals surface area contributed by atoms with E-state index in [9.17, 15) is 0 Å². The van der Waals surface area contributed by atoms with Crippen molar-refractivity contribution in [2.45, 2.75) is 31.2 Å². The van der Waals surface area contributed by atoms with Crippen LogP contribution in [0.15, 0.2) is 47.4 Å². The molecule has 0 unspecified atom stereocenters. The van der Waals surface area contributed by atoms with Gasteiger partial charge in [0.15, 0.2) is 5.11 Å². The molecule has 0 saturated heterocycles. The van der Waals surface area contributed by atoms with Gasteiger partial charge >= 0.3 is 0 Å². The lowest BCUT2D eigenvalue weighted by Gasteiger charge is -2.27. The van der Waals surface area contributed by atoms with E-state index in [1.54, 1.807) is 0 Å². The highest BCUT2D eigenvalue weighted by molar-refractivity contribution is 7.99. The minimum atomic E-state index is 0.295. The molecule has 2 aromatic carbocycles. The molecule has 0 aromatic heterocycles. The van der Waals surface area contributed by atoms with E-state index in [1.165, 1.54) is 21.6 Å². The van der Waals surface area contributed by atoms with Gasteiger partial charge in [0.1, 0.15) is 0 Å². The predicted molar refractivity (Wildman–Crippen MR) is 99.8 cm³/mol. The number of aryl methyl sites for hydroxylation is 2. The summed E-state index contributed by atoms with van der Waals surface area (Å²) in [5, 5.41) is 7.46. The van der Waals surface area contributed by atoms with Gasteiger partial charge in [-0.2, -0.15) is 0 Å². The van der Waals surface area contributed by atoms with Crippen LogP contribution >= 0.6 is 24.0 Å². The average molecular weight is 329 g/mol. The number of thioether (sulfide) groups is 1. The summed E-state index contributed by atoms with van der Waals surface area (Å²) in [5.74, 6) is 1.13. The van der Waals surface area contributed by atoms with Crippen LogP contribution in [0.1, 0.15) is 29.2 Å². The van der Waals surface area contributed by atoms with Gasteiger partial charge in [0.2, 0.25) is 0 Å². The van der Waals surface area contributed by atoms with Crippen LogP contribution in [0.2, 0.25) is 0 Å². The molecule has 3 rings (SSSR count). The van der Waals surface area contributed by atoms with Crippen molar-refractivity contribution in [1.29, 1.82) is 0 Å².